The summed E-state index contributed by atoms with van der Waals surface area (Å²) in [6.45, 7) is 3.81. The summed E-state index contributed by atoms with van der Waals surface area (Å²) in [6.07, 6.45) is 1.33. The van der Waals surface area contributed by atoms with Crippen molar-refractivity contribution in [1.82, 2.24) is 5.43 Å². The Morgan fingerprint density at radius 1 is 1.00 bits per heavy atom. The molecule has 0 radical (unpaired) electrons. The van der Waals surface area contributed by atoms with E-state index < -0.39 is 11.8 Å². The van der Waals surface area contributed by atoms with E-state index in [2.05, 4.69) is 15.8 Å². The molecule has 2 N–H and O–H groups in total. The van der Waals surface area contributed by atoms with E-state index in [1.165, 1.54) is 6.21 Å². The molecule has 124 valence electrons. The van der Waals surface area contributed by atoms with Crippen LogP contribution in [0.2, 0.25) is 10.0 Å². The fourth-order valence-electron chi connectivity index (χ4n) is 2.05. The smallest absolute Gasteiger partial charge is 0.318 e. The lowest BCUT2D eigenvalue weighted by molar-refractivity contribution is -0.136. The maximum Gasteiger partial charge on any atom is 0.329 e. The number of rotatable bonds is 3. The molecule has 2 amide bonds. The van der Waals surface area contributed by atoms with Crippen LogP contribution in [0.4, 0.5) is 5.69 Å². The van der Waals surface area contributed by atoms with Crippen LogP contribution in [0.1, 0.15) is 16.7 Å². The monoisotopic (exact) mass is 363 g/mol. The molecular formula is C17H15Cl2N3O2. The quantitative estimate of drug-likeness (QED) is 0.495. The number of hydrogen-bond acceptors (Lipinski definition) is 3. The highest BCUT2D eigenvalue weighted by Gasteiger charge is 2.13. The molecule has 0 aliphatic carbocycles. The highest BCUT2D eigenvalue weighted by Crippen LogP contribution is 2.19. The lowest BCUT2D eigenvalue weighted by Crippen LogP contribution is -2.32. The third-order valence-electron chi connectivity index (χ3n) is 3.02. The third-order valence-corrected chi connectivity index (χ3v) is 3.58. The second kappa shape index (κ2) is 7.95. The van der Waals surface area contributed by atoms with Gasteiger partial charge in [0.15, 0.2) is 0 Å². The highest BCUT2D eigenvalue weighted by molar-refractivity contribution is 6.39. The number of carbonyl (C=O) groups excluding carboxylic acids is 2. The van der Waals surface area contributed by atoms with Gasteiger partial charge in [-0.15, -0.1) is 0 Å². The number of halogens is 2. The van der Waals surface area contributed by atoms with Crippen LogP contribution in [0.3, 0.4) is 0 Å². The molecular weight excluding hydrogens is 349 g/mol. The van der Waals surface area contributed by atoms with Gasteiger partial charge in [-0.2, -0.15) is 5.10 Å². The number of hydrazone groups is 1. The molecule has 2 aromatic rings. The van der Waals surface area contributed by atoms with E-state index >= 15 is 0 Å². The fraction of sp³-hybridized carbons (Fsp3) is 0.118. The Morgan fingerprint density at radius 2 is 1.67 bits per heavy atom. The standard InChI is InChI=1S/C17H15Cl2N3O2/c1-10-5-11(2)7-14(6-10)21-16(23)17(24)22-20-9-12-3-4-13(18)8-15(12)19/h3-9H,1-2H3,(H,21,23)(H,22,24). The van der Waals surface area contributed by atoms with Crippen LogP contribution in [0.5, 0.6) is 0 Å². The summed E-state index contributed by atoms with van der Waals surface area (Å²) >= 11 is 11.8. The fourth-order valence-corrected chi connectivity index (χ4v) is 2.51. The van der Waals surface area contributed by atoms with E-state index in [1.807, 2.05) is 19.9 Å². The van der Waals surface area contributed by atoms with Crippen LogP contribution in [-0.4, -0.2) is 18.0 Å². The normalized spacial score (nSPS) is 10.7. The first-order valence-electron chi connectivity index (χ1n) is 7.03. The minimum Gasteiger partial charge on any atom is -0.318 e. The first-order chi connectivity index (χ1) is 11.3. The molecule has 0 fully saturated rings. The Balaban J connectivity index is 1.96. The summed E-state index contributed by atoms with van der Waals surface area (Å²) in [4.78, 5) is 23.6. The van der Waals surface area contributed by atoms with Gasteiger partial charge in [0, 0.05) is 16.3 Å². The van der Waals surface area contributed by atoms with Crippen molar-refractivity contribution in [1.29, 1.82) is 0 Å². The van der Waals surface area contributed by atoms with Crippen molar-refractivity contribution in [2.45, 2.75) is 13.8 Å². The van der Waals surface area contributed by atoms with Gasteiger partial charge < -0.3 is 5.32 Å². The van der Waals surface area contributed by atoms with Crippen molar-refractivity contribution in [2.24, 2.45) is 5.10 Å². The molecule has 2 rings (SSSR count). The van der Waals surface area contributed by atoms with Crippen LogP contribution >= 0.6 is 23.2 Å². The van der Waals surface area contributed by atoms with Crippen molar-refractivity contribution < 1.29 is 9.59 Å². The topological polar surface area (TPSA) is 70.6 Å². The number of aryl methyl sites for hydroxylation is 2. The minimum atomic E-state index is -0.879. The first-order valence-corrected chi connectivity index (χ1v) is 7.78. The predicted octanol–water partition coefficient (Wildman–Crippen LogP) is 3.70. The van der Waals surface area contributed by atoms with Gasteiger partial charge >= 0.3 is 11.8 Å². The summed E-state index contributed by atoms with van der Waals surface area (Å²) < 4.78 is 0. The second-order valence-electron chi connectivity index (χ2n) is 5.20. The van der Waals surface area contributed by atoms with E-state index in [1.54, 1.807) is 30.3 Å². The molecule has 0 aromatic heterocycles. The minimum absolute atomic E-state index is 0.389. The maximum absolute atomic E-state index is 11.8. The van der Waals surface area contributed by atoms with Gasteiger partial charge in [0.1, 0.15) is 0 Å². The number of anilines is 1. The van der Waals surface area contributed by atoms with Crippen LogP contribution < -0.4 is 10.7 Å². The molecule has 0 spiro atoms. The number of hydrogen-bond donors (Lipinski definition) is 2. The Labute approximate surface area is 149 Å². The zero-order valence-corrected chi connectivity index (χ0v) is 14.6. The number of benzene rings is 2. The molecule has 0 saturated heterocycles. The largest absolute Gasteiger partial charge is 0.329 e. The average molecular weight is 364 g/mol. The van der Waals surface area contributed by atoms with Crippen LogP contribution in [0.25, 0.3) is 0 Å². The molecule has 0 heterocycles. The third kappa shape index (κ3) is 5.08. The Kier molecular flexibility index (Phi) is 5.95. The second-order valence-corrected chi connectivity index (χ2v) is 6.04. The van der Waals surface area contributed by atoms with Gasteiger partial charge in [-0.05, 0) is 49.2 Å². The summed E-state index contributed by atoms with van der Waals surface area (Å²) in [5.74, 6) is -1.69. The first kappa shape index (κ1) is 18.0. The summed E-state index contributed by atoms with van der Waals surface area (Å²) in [5.41, 5.74) is 5.24. The molecule has 0 aliphatic rings. The maximum atomic E-state index is 11.8. The van der Waals surface area contributed by atoms with Crippen molar-refractivity contribution in [3.8, 4) is 0 Å². The van der Waals surface area contributed by atoms with Gasteiger partial charge in [-0.25, -0.2) is 5.43 Å². The molecule has 0 saturated carbocycles. The molecule has 0 bridgehead atoms. The Hall–Kier alpha value is -2.37. The van der Waals surface area contributed by atoms with E-state index in [9.17, 15) is 9.59 Å². The van der Waals surface area contributed by atoms with Gasteiger partial charge in [0.25, 0.3) is 0 Å². The molecule has 7 heteroatoms. The SMILES string of the molecule is Cc1cc(C)cc(NC(=O)C(=O)NN=Cc2ccc(Cl)cc2Cl)c1. The average Bonchev–Trinajstić information content (AvgIpc) is 2.48. The summed E-state index contributed by atoms with van der Waals surface area (Å²) in [5, 5.41) is 7.12. The predicted molar refractivity (Wildman–Crippen MR) is 96.7 cm³/mol. The van der Waals surface area contributed by atoms with Gasteiger partial charge in [0.2, 0.25) is 0 Å². The van der Waals surface area contributed by atoms with Crippen molar-refractivity contribution in [3.05, 3.63) is 63.1 Å². The van der Waals surface area contributed by atoms with Crippen LogP contribution in [0.15, 0.2) is 41.5 Å². The van der Waals surface area contributed by atoms with E-state index in [-0.39, 0.29) is 0 Å². The van der Waals surface area contributed by atoms with Gasteiger partial charge in [-0.3, -0.25) is 9.59 Å². The van der Waals surface area contributed by atoms with E-state index in [0.29, 0.717) is 21.3 Å². The Bertz CT molecular complexity index is 799. The lowest BCUT2D eigenvalue weighted by atomic mass is 10.1. The lowest BCUT2D eigenvalue weighted by Gasteiger charge is -2.06. The number of amides is 2. The van der Waals surface area contributed by atoms with Crippen LogP contribution in [-0.2, 0) is 9.59 Å². The zero-order chi connectivity index (χ0) is 17.7. The van der Waals surface area contributed by atoms with Crippen LogP contribution in [0, 0.1) is 13.8 Å². The number of carbonyl (C=O) groups is 2. The molecule has 24 heavy (non-hydrogen) atoms. The number of nitrogens with zero attached hydrogens (tertiary/aromatic N) is 1. The zero-order valence-electron chi connectivity index (χ0n) is 13.1. The molecule has 2 aromatic carbocycles. The summed E-state index contributed by atoms with van der Waals surface area (Å²) in [7, 11) is 0. The Morgan fingerprint density at radius 3 is 2.29 bits per heavy atom. The summed E-state index contributed by atoms with van der Waals surface area (Å²) in [6, 6.07) is 10.4. The van der Waals surface area contributed by atoms with Crippen molar-refractivity contribution >= 4 is 46.9 Å². The number of nitrogens with one attached hydrogen (secondary N) is 2. The molecule has 0 unspecified atom stereocenters. The van der Waals surface area contributed by atoms with Gasteiger partial charge in [-0.1, -0.05) is 35.3 Å². The highest BCUT2D eigenvalue weighted by atomic mass is 35.5. The van der Waals surface area contributed by atoms with E-state index in [0.717, 1.165) is 11.1 Å². The van der Waals surface area contributed by atoms with Gasteiger partial charge in [0.05, 0.1) is 11.2 Å². The van der Waals surface area contributed by atoms with Crippen molar-refractivity contribution in [2.75, 3.05) is 5.32 Å². The van der Waals surface area contributed by atoms with E-state index in [4.69, 9.17) is 23.2 Å². The molecule has 0 aliphatic heterocycles. The molecule has 0 atom stereocenters. The molecule has 5 nitrogen and oxygen atoms in total. The van der Waals surface area contributed by atoms with Crippen molar-refractivity contribution in [3.63, 3.8) is 0 Å².